The third-order valence-corrected chi connectivity index (χ3v) is 5.91. The number of rotatable bonds is 9. The lowest BCUT2D eigenvalue weighted by atomic mass is 9.88. The molecule has 1 heterocycles. The zero-order chi connectivity index (χ0) is 21.5. The number of alkyl halides is 1. The van der Waals surface area contributed by atoms with E-state index in [1.807, 2.05) is 0 Å². The number of allylic oxidation sites excluding steroid dienone is 1. The molecule has 31 heavy (non-hydrogen) atoms. The highest BCUT2D eigenvalue weighted by Crippen LogP contribution is 2.34. The van der Waals surface area contributed by atoms with E-state index < -0.39 is 0 Å². The van der Waals surface area contributed by atoms with E-state index in [1.54, 1.807) is 0 Å². The number of hydrogen-bond acceptors (Lipinski definition) is 2. The van der Waals surface area contributed by atoms with Gasteiger partial charge in [-0.15, -0.1) is 0 Å². The molecule has 0 saturated carbocycles. The zero-order valence-corrected chi connectivity index (χ0v) is 18.1. The van der Waals surface area contributed by atoms with Crippen molar-refractivity contribution in [2.24, 2.45) is 5.92 Å². The average molecular weight is 416 g/mol. The Morgan fingerprint density at radius 1 is 0.839 bits per heavy atom. The summed E-state index contributed by atoms with van der Waals surface area (Å²) in [4.78, 5) is 2.24. The van der Waals surface area contributed by atoms with E-state index in [9.17, 15) is 4.39 Å². The van der Waals surface area contributed by atoms with Crippen molar-refractivity contribution >= 4 is 11.1 Å². The van der Waals surface area contributed by atoms with Crippen LogP contribution < -0.4 is 4.74 Å². The van der Waals surface area contributed by atoms with E-state index in [4.69, 9.17) is 4.74 Å². The van der Waals surface area contributed by atoms with Gasteiger partial charge in [0.05, 0.1) is 6.67 Å². The van der Waals surface area contributed by atoms with E-state index in [1.165, 1.54) is 27.8 Å². The standard InChI is InChI=1S/C28H30FNO/c1-2-27(23-9-5-3-6-10-23)28(24-11-7-4-8-12-24)25-13-15-26(16-14-25)31-18-17-30-20-22(19-29)21-30/h3-16,22H,2,17-21H2,1H3/b28-27+. The van der Waals surface area contributed by atoms with Crippen LogP contribution in [0, 0.1) is 5.92 Å². The lowest BCUT2D eigenvalue weighted by molar-refractivity contribution is 0.0668. The molecule has 1 aliphatic heterocycles. The topological polar surface area (TPSA) is 12.5 Å². The Kier molecular flexibility index (Phi) is 7.16. The number of nitrogens with zero attached hydrogens (tertiary/aromatic N) is 1. The van der Waals surface area contributed by atoms with Crippen LogP contribution in [0.4, 0.5) is 4.39 Å². The van der Waals surface area contributed by atoms with E-state index in [0.29, 0.717) is 6.61 Å². The summed E-state index contributed by atoms with van der Waals surface area (Å²) in [5.41, 5.74) is 6.26. The summed E-state index contributed by atoms with van der Waals surface area (Å²) >= 11 is 0. The van der Waals surface area contributed by atoms with Gasteiger partial charge in [0.1, 0.15) is 12.4 Å². The fourth-order valence-corrected chi connectivity index (χ4v) is 4.25. The molecule has 4 rings (SSSR count). The quantitative estimate of drug-likeness (QED) is 0.378. The van der Waals surface area contributed by atoms with Crippen molar-refractivity contribution < 1.29 is 9.13 Å². The molecule has 1 aliphatic rings. The summed E-state index contributed by atoms with van der Waals surface area (Å²) in [5, 5.41) is 0. The second-order valence-corrected chi connectivity index (χ2v) is 8.09. The van der Waals surface area contributed by atoms with Crippen LogP contribution in [-0.4, -0.2) is 37.8 Å². The van der Waals surface area contributed by atoms with E-state index in [2.05, 4.69) is 96.8 Å². The zero-order valence-electron chi connectivity index (χ0n) is 18.1. The van der Waals surface area contributed by atoms with Gasteiger partial charge in [0.25, 0.3) is 0 Å². The molecule has 3 heteroatoms. The molecule has 0 amide bonds. The van der Waals surface area contributed by atoms with Crippen molar-refractivity contribution in [3.8, 4) is 5.75 Å². The number of likely N-dealkylation sites (tertiary alicyclic amines) is 1. The lowest BCUT2D eigenvalue weighted by Gasteiger charge is -2.37. The Balaban J connectivity index is 1.54. The molecular formula is C28H30FNO. The van der Waals surface area contributed by atoms with Gasteiger partial charge >= 0.3 is 0 Å². The molecule has 1 fully saturated rings. The maximum absolute atomic E-state index is 12.6. The maximum atomic E-state index is 12.6. The molecule has 3 aromatic carbocycles. The number of benzene rings is 3. The van der Waals surface area contributed by atoms with Gasteiger partial charge in [0.2, 0.25) is 0 Å². The molecule has 3 aromatic rings. The van der Waals surface area contributed by atoms with Gasteiger partial charge in [-0.25, -0.2) is 0 Å². The highest BCUT2D eigenvalue weighted by Gasteiger charge is 2.25. The van der Waals surface area contributed by atoms with E-state index in [-0.39, 0.29) is 12.6 Å². The molecule has 1 saturated heterocycles. The number of ether oxygens (including phenoxy) is 1. The van der Waals surface area contributed by atoms with Crippen molar-refractivity contribution in [3.63, 3.8) is 0 Å². The fourth-order valence-electron chi connectivity index (χ4n) is 4.25. The first-order chi connectivity index (χ1) is 15.3. The van der Waals surface area contributed by atoms with Gasteiger partial charge in [-0.05, 0) is 46.4 Å². The van der Waals surface area contributed by atoms with Crippen LogP contribution in [0.2, 0.25) is 0 Å². The summed E-state index contributed by atoms with van der Waals surface area (Å²) in [6, 6.07) is 29.6. The monoisotopic (exact) mass is 415 g/mol. The summed E-state index contributed by atoms with van der Waals surface area (Å²) < 4.78 is 18.5. The summed E-state index contributed by atoms with van der Waals surface area (Å²) in [6.07, 6.45) is 0.947. The van der Waals surface area contributed by atoms with Gasteiger partial charge in [-0.2, -0.15) is 0 Å². The van der Waals surface area contributed by atoms with Crippen LogP contribution in [0.1, 0.15) is 30.0 Å². The van der Waals surface area contributed by atoms with Crippen LogP contribution in [-0.2, 0) is 0 Å². The third-order valence-electron chi connectivity index (χ3n) is 5.91. The highest BCUT2D eigenvalue weighted by molar-refractivity contribution is 5.98. The minimum absolute atomic E-state index is 0.210. The van der Waals surface area contributed by atoms with Crippen molar-refractivity contribution in [1.82, 2.24) is 4.90 Å². The molecule has 0 spiro atoms. The molecule has 0 N–H and O–H groups in total. The molecule has 0 bridgehead atoms. The minimum atomic E-state index is -0.210. The van der Waals surface area contributed by atoms with Crippen LogP contribution in [0.5, 0.6) is 5.75 Å². The van der Waals surface area contributed by atoms with Gasteiger partial charge in [-0.3, -0.25) is 9.29 Å². The largest absolute Gasteiger partial charge is 0.492 e. The first-order valence-corrected chi connectivity index (χ1v) is 11.1. The maximum Gasteiger partial charge on any atom is 0.119 e. The van der Waals surface area contributed by atoms with Crippen molar-refractivity contribution in [1.29, 1.82) is 0 Å². The molecule has 0 aromatic heterocycles. The van der Waals surface area contributed by atoms with Crippen LogP contribution in [0.15, 0.2) is 84.9 Å². The summed E-state index contributed by atoms with van der Waals surface area (Å²) in [6.45, 7) is 5.18. The van der Waals surface area contributed by atoms with Crippen LogP contribution >= 0.6 is 0 Å². The predicted octanol–water partition coefficient (Wildman–Crippen LogP) is 6.34. The SMILES string of the molecule is CC/C(=C(/c1ccccc1)c1ccc(OCCN2CC(CF)C2)cc1)c1ccccc1. The van der Waals surface area contributed by atoms with Crippen LogP contribution in [0.25, 0.3) is 11.1 Å². The summed E-state index contributed by atoms with van der Waals surface area (Å²) in [5.74, 6) is 1.09. The summed E-state index contributed by atoms with van der Waals surface area (Å²) in [7, 11) is 0. The second kappa shape index (κ2) is 10.4. The first kappa shape index (κ1) is 21.3. The number of halogens is 1. The molecule has 0 atom stereocenters. The molecule has 2 nitrogen and oxygen atoms in total. The smallest absolute Gasteiger partial charge is 0.119 e. The lowest BCUT2D eigenvalue weighted by Crippen LogP contribution is -2.49. The first-order valence-electron chi connectivity index (χ1n) is 11.1. The highest BCUT2D eigenvalue weighted by atomic mass is 19.1. The van der Waals surface area contributed by atoms with E-state index >= 15 is 0 Å². The van der Waals surface area contributed by atoms with E-state index in [0.717, 1.165) is 31.8 Å². The van der Waals surface area contributed by atoms with Gasteiger partial charge in [-0.1, -0.05) is 79.7 Å². The third kappa shape index (κ3) is 5.23. The molecule has 0 aliphatic carbocycles. The molecule has 0 radical (unpaired) electrons. The van der Waals surface area contributed by atoms with Crippen molar-refractivity contribution in [2.45, 2.75) is 13.3 Å². The van der Waals surface area contributed by atoms with Crippen molar-refractivity contribution in [3.05, 3.63) is 102 Å². The van der Waals surface area contributed by atoms with Crippen molar-refractivity contribution in [2.75, 3.05) is 32.9 Å². The molecule has 0 unspecified atom stereocenters. The Morgan fingerprint density at radius 2 is 1.42 bits per heavy atom. The molecule has 160 valence electrons. The Hall–Kier alpha value is -2.91. The fraction of sp³-hybridized carbons (Fsp3) is 0.286. The Morgan fingerprint density at radius 3 is 2.00 bits per heavy atom. The second-order valence-electron chi connectivity index (χ2n) is 8.09. The Bertz CT molecular complexity index is 977. The molecular weight excluding hydrogens is 385 g/mol. The van der Waals surface area contributed by atoms with Crippen LogP contribution in [0.3, 0.4) is 0 Å². The minimum Gasteiger partial charge on any atom is -0.492 e. The predicted molar refractivity (Wildman–Crippen MR) is 127 cm³/mol. The van der Waals surface area contributed by atoms with Gasteiger partial charge < -0.3 is 4.74 Å². The average Bonchev–Trinajstić information content (AvgIpc) is 2.80. The van der Waals surface area contributed by atoms with Gasteiger partial charge in [0.15, 0.2) is 0 Å². The van der Waals surface area contributed by atoms with Gasteiger partial charge in [0, 0.05) is 25.6 Å². The Labute approximate surface area is 185 Å². The normalized spacial score (nSPS) is 15.3. The number of hydrogen-bond donors (Lipinski definition) is 0.